The molecule has 0 saturated carbocycles. The van der Waals surface area contributed by atoms with Crippen LogP contribution in [-0.2, 0) is 29.0 Å². The molecule has 0 aromatic rings. The Hall–Kier alpha value is -3.18. The van der Waals surface area contributed by atoms with Gasteiger partial charge in [0.15, 0.2) is 0 Å². The third kappa shape index (κ3) is 108. The lowest BCUT2D eigenvalue weighted by Gasteiger charge is -2.12. The average molecular weight is 748 g/mol. The van der Waals surface area contributed by atoms with Crippen molar-refractivity contribution in [2.24, 2.45) is 0 Å². The summed E-state index contributed by atoms with van der Waals surface area (Å²) in [4.78, 5) is 4.22. The highest BCUT2D eigenvalue weighted by molar-refractivity contribution is 4.62. The Balaban J connectivity index is -0.0000000591. The molecule has 0 aliphatic heterocycles. The molecule has 0 aliphatic carbocycles. The van der Waals surface area contributed by atoms with Gasteiger partial charge in [-0.2, -0.15) is 35.1 Å². The van der Waals surface area contributed by atoms with E-state index in [1.165, 1.54) is 14.8 Å². The lowest BCUT2D eigenvalue weighted by atomic mass is 10.6. The minimum Gasteiger partial charge on any atom is -0.439 e. The fourth-order valence-electron chi connectivity index (χ4n) is 0.221. The van der Waals surface area contributed by atoms with E-state index in [0.717, 1.165) is 0 Å². The Bertz CT molecular complexity index is 572. The van der Waals surface area contributed by atoms with Crippen molar-refractivity contribution >= 4 is 0 Å². The molecule has 30 heteroatoms. The van der Waals surface area contributed by atoms with E-state index in [2.05, 4.69) is 33.9 Å². The van der Waals surface area contributed by atoms with Gasteiger partial charge in [0, 0.05) is 0 Å². The average Bonchev–Trinajstić information content (AvgIpc) is 2.85. The summed E-state index contributed by atoms with van der Waals surface area (Å²) in [5.41, 5.74) is 0. The van der Waals surface area contributed by atoms with E-state index in [0.29, 0.717) is 0 Å². The molecule has 0 fully saturated rings. The molecular formula is C15H16F24O6. The summed E-state index contributed by atoms with van der Waals surface area (Å²) in [6, 6.07) is -3.26. The van der Waals surface area contributed by atoms with Gasteiger partial charge in [-0.25, -0.2) is 30.7 Å². The molecule has 0 spiro atoms. The molecule has 0 aromatic carbocycles. The Morgan fingerprint density at radius 3 is 0.578 bits per heavy atom. The van der Waals surface area contributed by atoms with Crippen molar-refractivity contribution in [1.29, 1.82) is 0 Å². The summed E-state index contributed by atoms with van der Waals surface area (Å²) >= 11 is 0. The molecule has 0 radical (unpaired) electrons. The van der Waals surface area contributed by atoms with Crippen LogP contribution in [0.2, 0.25) is 0 Å². The van der Waals surface area contributed by atoms with Gasteiger partial charge in [0.25, 0.3) is 18.0 Å². The second-order valence-electron chi connectivity index (χ2n) is 4.17. The maximum absolute atomic E-state index is 11.0. The van der Waals surface area contributed by atoms with Crippen LogP contribution in [0.4, 0.5) is 106 Å². The van der Waals surface area contributed by atoms with Crippen LogP contribution in [0.3, 0.4) is 0 Å². The van der Waals surface area contributed by atoms with E-state index in [1.54, 1.807) is 0 Å². The summed E-state index contributed by atoms with van der Waals surface area (Å²) in [6.07, 6.45) is -21.9. The topological polar surface area (TPSA) is 55.4 Å². The number of rotatable bonds is 7. The van der Waals surface area contributed by atoms with Gasteiger partial charge in [-0.15, -0.1) is 31.3 Å². The lowest BCUT2D eigenvalue weighted by molar-refractivity contribution is -0.453. The normalized spacial score (nSPS) is 9.87. The van der Waals surface area contributed by atoms with Crippen molar-refractivity contribution in [3.63, 3.8) is 0 Å². The molecule has 6 nitrogen and oxygen atoms in total. The quantitative estimate of drug-likeness (QED) is 0.191. The standard InChI is InChI=1S/3C3H4F2O.C2F6O.2CF4O.2CH2F2/c3*1-3(5)6-2-4;3-1(4,5)2(6,7)9-8;2*2-1(3,4)6-5;2*2-1-3/h3*1-2H2;;;;2*1H2. The minimum atomic E-state index is -5.98. The van der Waals surface area contributed by atoms with Gasteiger partial charge in [-0.05, 0) is 33.3 Å². The van der Waals surface area contributed by atoms with E-state index in [1.807, 2.05) is 0 Å². The Morgan fingerprint density at radius 2 is 0.578 bits per heavy atom. The molecule has 0 aliphatic rings. The van der Waals surface area contributed by atoms with Crippen molar-refractivity contribution in [1.82, 2.24) is 0 Å². The molecular weight excluding hydrogens is 732 g/mol. The first-order chi connectivity index (χ1) is 20.1. The smallest absolute Gasteiger partial charge is 0.439 e. The summed E-state index contributed by atoms with van der Waals surface area (Å²) in [5.74, 6) is 0. The zero-order valence-corrected chi connectivity index (χ0v) is 20.7. The number of ether oxygens (including phenoxy) is 3. The van der Waals surface area contributed by atoms with Crippen LogP contribution in [-0.4, -0.2) is 59.4 Å². The number of hydrogen-bond acceptors (Lipinski definition) is 6. The summed E-state index contributed by atoms with van der Waals surface area (Å²) in [7, 11) is 0. The molecule has 45 heavy (non-hydrogen) atoms. The SMILES string of the molecule is C=C(F)OCF.C=C(F)OCF.C=C(F)OCF.FCF.FCF.FOC(F)(F)C(F)(F)F.FOC(F)(F)F.FOC(F)(F)F. The van der Waals surface area contributed by atoms with Gasteiger partial charge in [0.1, 0.15) is 0 Å². The first-order valence-electron chi connectivity index (χ1n) is 8.38. The third-order valence-electron chi connectivity index (χ3n) is 1.24. The van der Waals surface area contributed by atoms with Crippen molar-refractivity contribution < 1.29 is 135 Å². The second kappa shape index (κ2) is 38.8. The van der Waals surface area contributed by atoms with Crippen LogP contribution in [0.1, 0.15) is 0 Å². The predicted octanol–water partition coefficient (Wildman–Crippen LogP) is 10.7. The van der Waals surface area contributed by atoms with Gasteiger partial charge < -0.3 is 14.2 Å². The van der Waals surface area contributed by atoms with Crippen molar-refractivity contribution in [2.75, 3.05) is 34.4 Å². The molecule has 0 saturated heterocycles. The molecule has 0 aromatic heterocycles. The first-order valence-corrected chi connectivity index (χ1v) is 8.38. The lowest BCUT2D eigenvalue weighted by Crippen LogP contribution is -2.36. The summed E-state index contributed by atoms with van der Waals surface area (Å²) in [5, 5.41) is 0. The van der Waals surface area contributed by atoms with Crippen LogP contribution in [0.5, 0.6) is 0 Å². The van der Waals surface area contributed by atoms with Crippen LogP contribution in [0, 0.1) is 0 Å². The monoisotopic (exact) mass is 748 g/mol. The second-order valence-corrected chi connectivity index (χ2v) is 4.17. The first kappa shape index (κ1) is 60.9. The van der Waals surface area contributed by atoms with E-state index in [9.17, 15) is 106 Å². The van der Waals surface area contributed by atoms with E-state index < -0.39 is 77.5 Å². The highest BCUT2D eigenvalue weighted by Gasteiger charge is 2.61. The predicted molar refractivity (Wildman–Crippen MR) is 95.8 cm³/mol. The molecule has 0 atom stereocenters. The highest BCUT2D eigenvalue weighted by Crippen LogP contribution is 2.36. The maximum Gasteiger partial charge on any atom is 0.553 e. The van der Waals surface area contributed by atoms with Gasteiger partial charge >= 0.3 is 25.0 Å². The van der Waals surface area contributed by atoms with Gasteiger partial charge in [-0.3, -0.25) is 0 Å². The van der Waals surface area contributed by atoms with Gasteiger partial charge in [0.2, 0.25) is 34.4 Å². The molecule has 0 rings (SSSR count). The Labute approximate surface area is 233 Å². The van der Waals surface area contributed by atoms with E-state index in [-0.39, 0.29) is 0 Å². The Morgan fingerprint density at radius 1 is 0.422 bits per heavy atom. The summed E-state index contributed by atoms with van der Waals surface area (Å²) in [6.45, 7) is 0.917. The zero-order chi connectivity index (χ0) is 38.5. The number of alkyl halides is 18. The van der Waals surface area contributed by atoms with Crippen molar-refractivity contribution in [2.45, 2.75) is 25.0 Å². The number of hydrogen-bond donors (Lipinski definition) is 0. The molecule has 0 bridgehead atoms. The highest BCUT2D eigenvalue weighted by atomic mass is 19.5. The van der Waals surface area contributed by atoms with Crippen LogP contribution < -0.4 is 0 Å². The van der Waals surface area contributed by atoms with Gasteiger partial charge in [-0.1, -0.05) is 9.88 Å². The fourth-order valence-corrected chi connectivity index (χ4v) is 0.221. The molecule has 0 unspecified atom stereocenters. The fraction of sp³-hybridized carbons (Fsp3) is 0.600. The van der Waals surface area contributed by atoms with E-state index in [4.69, 9.17) is 0 Å². The third-order valence-corrected chi connectivity index (χ3v) is 1.24. The Kier molecular flexibility index (Phi) is 52.6. The molecule has 0 amide bonds. The molecule has 280 valence electrons. The zero-order valence-electron chi connectivity index (χ0n) is 20.7. The number of halogens is 24. The van der Waals surface area contributed by atoms with Crippen LogP contribution in [0.25, 0.3) is 0 Å². The van der Waals surface area contributed by atoms with Crippen LogP contribution >= 0.6 is 0 Å². The van der Waals surface area contributed by atoms with Crippen LogP contribution in [0.15, 0.2) is 37.8 Å². The van der Waals surface area contributed by atoms with Crippen molar-refractivity contribution in [3.05, 3.63) is 37.8 Å². The van der Waals surface area contributed by atoms with Gasteiger partial charge in [0.05, 0.1) is 0 Å². The minimum absolute atomic E-state index is 1.09. The summed E-state index contributed by atoms with van der Waals surface area (Å²) < 4.78 is 260. The molecule has 0 heterocycles. The molecule has 0 N–H and O–H groups in total. The maximum atomic E-state index is 11.0. The van der Waals surface area contributed by atoms with E-state index >= 15 is 0 Å². The van der Waals surface area contributed by atoms with Crippen molar-refractivity contribution in [3.8, 4) is 0 Å². The largest absolute Gasteiger partial charge is 0.553 e.